The molecule has 2 aliphatic rings. The van der Waals surface area contributed by atoms with Gasteiger partial charge in [0.25, 0.3) is 0 Å². The smallest absolute Gasteiger partial charge is 0.0880 e. The van der Waals surface area contributed by atoms with Crippen LogP contribution in [0.1, 0.15) is 32.1 Å². The maximum atomic E-state index is 10.4. The van der Waals surface area contributed by atoms with Gasteiger partial charge in [-0.05, 0) is 26.3 Å². The summed E-state index contributed by atoms with van der Waals surface area (Å²) in [5, 5.41) is 10.4. The molecule has 3 unspecified atom stereocenters. The summed E-state index contributed by atoms with van der Waals surface area (Å²) in [5.41, 5.74) is -0.586. The largest absolute Gasteiger partial charge is 0.385 e. The highest BCUT2D eigenvalue weighted by Crippen LogP contribution is 2.41. The third-order valence-electron chi connectivity index (χ3n) is 4.16. The van der Waals surface area contributed by atoms with Gasteiger partial charge in [-0.3, -0.25) is 0 Å². The highest BCUT2D eigenvalue weighted by atomic mass is 16.3. The lowest BCUT2D eigenvalue weighted by Crippen LogP contribution is -2.56. The summed E-state index contributed by atoms with van der Waals surface area (Å²) in [6.45, 7) is 4.81. The number of fused-ring (bicyclic) bond motifs is 1. The summed E-state index contributed by atoms with van der Waals surface area (Å²) in [6.07, 6.45) is 7.63. The van der Waals surface area contributed by atoms with Crippen molar-refractivity contribution >= 4 is 0 Å². The van der Waals surface area contributed by atoms with Gasteiger partial charge in [-0.1, -0.05) is 18.9 Å². The molecule has 2 rings (SSSR count). The highest BCUT2D eigenvalue weighted by molar-refractivity contribution is 5.08. The highest BCUT2D eigenvalue weighted by Gasteiger charge is 2.45. The van der Waals surface area contributed by atoms with Crippen LogP contribution in [0.4, 0.5) is 0 Å². The minimum absolute atomic E-state index is 0.424. The minimum Gasteiger partial charge on any atom is -0.385 e. The Kier molecular flexibility index (Phi) is 2.67. The van der Waals surface area contributed by atoms with E-state index in [-0.39, 0.29) is 0 Å². The fourth-order valence-corrected chi connectivity index (χ4v) is 3.18. The third-order valence-corrected chi connectivity index (χ3v) is 4.16. The van der Waals surface area contributed by atoms with Gasteiger partial charge >= 0.3 is 0 Å². The van der Waals surface area contributed by atoms with Crippen molar-refractivity contribution in [2.24, 2.45) is 5.92 Å². The minimum atomic E-state index is -0.586. The molecule has 2 heteroatoms. The molecule has 0 radical (unpaired) electrons. The molecule has 1 heterocycles. The molecule has 1 saturated heterocycles. The van der Waals surface area contributed by atoms with Crippen LogP contribution in [0.2, 0.25) is 0 Å². The lowest BCUT2D eigenvalue weighted by molar-refractivity contribution is -0.0762. The maximum absolute atomic E-state index is 10.4. The Labute approximate surface area is 86.6 Å². The summed E-state index contributed by atoms with van der Waals surface area (Å²) >= 11 is 0. The number of nitrogens with zero attached hydrogens (tertiary/aromatic N) is 1. The molecule has 2 nitrogen and oxygen atoms in total. The van der Waals surface area contributed by atoms with Gasteiger partial charge in [-0.25, -0.2) is 0 Å². The van der Waals surface area contributed by atoms with E-state index in [9.17, 15) is 5.11 Å². The van der Waals surface area contributed by atoms with E-state index in [1.807, 2.05) is 0 Å². The summed E-state index contributed by atoms with van der Waals surface area (Å²) in [4.78, 5) is 2.42. The van der Waals surface area contributed by atoms with Crippen molar-refractivity contribution in [2.45, 2.75) is 43.7 Å². The van der Waals surface area contributed by atoms with Crippen LogP contribution >= 0.6 is 0 Å². The second kappa shape index (κ2) is 3.67. The van der Waals surface area contributed by atoms with Crippen molar-refractivity contribution in [3.63, 3.8) is 0 Å². The molecule has 1 aliphatic heterocycles. The van der Waals surface area contributed by atoms with Crippen LogP contribution in [0.25, 0.3) is 0 Å². The Morgan fingerprint density at radius 1 is 1.43 bits per heavy atom. The second-order valence-corrected chi connectivity index (χ2v) is 4.88. The Morgan fingerprint density at radius 3 is 2.86 bits per heavy atom. The number of rotatable bonds is 1. The van der Waals surface area contributed by atoms with Gasteiger partial charge in [-0.2, -0.15) is 0 Å². The van der Waals surface area contributed by atoms with Crippen LogP contribution in [-0.4, -0.2) is 35.2 Å². The van der Waals surface area contributed by atoms with Crippen LogP contribution < -0.4 is 0 Å². The molecule has 80 valence electrons. The fourth-order valence-electron chi connectivity index (χ4n) is 3.18. The normalized spacial score (nSPS) is 44.4. The van der Waals surface area contributed by atoms with Crippen LogP contribution in [0.5, 0.6) is 0 Å². The van der Waals surface area contributed by atoms with E-state index in [0.29, 0.717) is 12.0 Å². The zero-order valence-electron chi connectivity index (χ0n) is 9.08. The first-order chi connectivity index (χ1) is 6.67. The van der Waals surface area contributed by atoms with Gasteiger partial charge < -0.3 is 10.0 Å². The predicted molar refractivity (Wildman–Crippen MR) is 58.1 cm³/mol. The van der Waals surface area contributed by atoms with E-state index >= 15 is 0 Å². The summed E-state index contributed by atoms with van der Waals surface area (Å²) in [7, 11) is 2.19. The standard InChI is InChI=1S/C12H21NO/c1-3-12(14)8-9-13(2)11-7-5-4-6-10(11)12/h3,10-11,14H,1,4-9H2,2H3. The van der Waals surface area contributed by atoms with Crippen molar-refractivity contribution in [1.82, 2.24) is 4.90 Å². The second-order valence-electron chi connectivity index (χ2n) is 4.88. The van der Waals surface area contributed by atoms with Crippen LogP contribution in [0.15, 0.2) is 12.7 Å². The molecule has 2 fully saturated rings. The first-order valence-corrected chi connectivity index (χ1v) is 5.73. The zero-order chi connectivity index (χ0) is 10.2. The lowest BCUT2D eigenvalue weighted by Gasteiger charge is -2.50. The zero-order valence-corrected chi connectivity index (χ0v) is 9.08. The van der Waals surface area contributed by atoms with Crippen LogP contribution in [0.3, 0.4) is 0 Å². The lowest BCUT2D eigenvalue weighted by atomic mass is 9.69. The Balaban J connectivity index is 2.20. The predicted octanol–water partition coefficient (Wildman–Crippen LogP) is 1.80. The fraction of sp³-hybridized carbons (Fsp3) is 0.833. The summed E-state index contributed by atoms with van der Waals surface area (Å²) in [6, 6.07) is 0.584. The first-order valence-electron chi connectivity index (χ1n) is 5.73. The number of likely N-dealkylation sites (tertiary alicyclic amines) is 1. The average molecular weight is 195 g/mol. The van der Waals surface area contributed by atoms with E-state index < -0.39 is 5.60 Å². The Bertz CT molecular complexity index is 228. The SMILES string of the molecule is C=CC1(O)CCN(C)C2CCCCC21. The molecular formula is C12H21NO. The Morgan fingerprint density at radius 2 is 2.14 bits per heavy atom. The number of piperidine rings is 1. The molecule has 3 atom stereocenters. The van der Waals surface area contributed by atoms with Gasteiger partial charge in [0.15, 0.2) is 0 Å². The van der Waals surface area contributed by atoms with Gasteiger partial charge in [-0.15, -0.1) is 6.58 Å². The third kappa shape index (κ3) is 1.51. The molecule has 0 aromatic carbocycles. The molecule has 0 bridgehead atoms. The van der Waals surface area contributed by atoms with Gasteiger partial charge in [0.05, 0.1) is 5.60 Å². The number of aliphatic hydroxyl groups is 1. The molecule has 1 N–H and O–H groups in total. The number of hydrogen-bond acceptors (Lipinski definition) is 2. The quantitative estimate of drug-likeness (QED) is 0.645. The molecule has 0 amide bonds. The Hall–Kier alpha value is -0.340. The summed E-state index contributed by atoms with van der Waals surface area (Å²) in [5.74, 6) is 0.424. The van der Waals surface area contributed by atoms with E-state index in [1.165, 1.54) is 19.3 Å². The van der Waals surface area contributed by atoms with Crippen molar-refractivity contribution in [1.29, 1.82) is 0 Å². The van der Waals surface area contributed by atoms with Crippen molar-refractivity contribution in [3.8, 4) is 0 Å². The number of hydrogen-bond donors (Lipinski definition) is 1. The van der Waals surface area contributed by atoms with E-state index in [0.717, 1.165) is 19.4 Å². The van der Waals surface area contributed by atoms with Gasteiger partial charge in [0, 0.05) is 18.5 Å². The van der Waals surface area contributed by atoms with Gasteiger partial charge in [0.2, 0.25) is 0 Å². The monoisotopic (exact) mass is 195 g/mol. The van der Waals surface area contributed by atoms with Crippen molar-refractivity contribution in [3.05, 3.63) is 12.7 Å². The van der Waals surface area contributed by atoms with Crippen molar-refractivity contribution < 1.29 is 5.11 Å². The van der Waals surface area contributed by atoms with E-state index in [2.05, 4.69) is 18.5 Å². The molecule has 0 aromatic rings. The molecular weight excluding hydrogens is 174 g/mol. The van der Waals surface area contributed by atoms with E-state index in [4.69, 9.17) is 0 Å². The molecule has 0 aromatic heterocycles. The average Bonchev–Trinajstić information content (AvgIpc) is 2.24. The molecule has 14 heavy (non-hydrogen) atoms. The van der Waals surface area contributed by atoms with Gasteiger partial charge in [0.1, 0.15) is 0 Å². The van der Waals surface area contributed by atoms with Crippen LogP contribution in [0, 0.1) is 5.92 Å². The molecule has 1 saturated carbocycles. The topological polar surface area (TPSA) is 23.5 Å². The van der Waals surface area contributed by atoms with Crippen molar-refractivity contribution in [2.75, 3.05) is 13.6 Å². The summed E-state index contributed by atoms with van der Waals surface area (Å²) < 4.78 is 0. The van der Waals surface area contributed by atoms with Crippen LogP contribution in [-0.2, 0) is 0 Å². The molecule has 1 aliphatic carbocycles. The maximum Gasteiger partial charge on any atom is 0.0880 e. The molecule has 0 spiro atoms. The first kappa shape index (κ1) is 10.2. The van der Waals surface area contributed by atoms with E-state index in [1.54, 1.807) is 6.08 Å².